The first-order chi connectivity index (χ1) is 5.65. The monoisotopic (exact) mass is 341 g/mol. The topological polar surface area (TPSA) is 9.23 Å². The van der Waals surface area contributed by atoms with Crippen molar-refractivity contribution in [2.75, 3.05) is 4.93 Å². The first kappa shape index (κ1) is 10.3. The average Bonchev–Trinajstić information content (AvgIpc) is 1.96. The van der Waals surface area contributed by atoms with E-state index in [1.165, 1.54) is 11.1 Å². The van der Waals surface area contributed by atoms with Crippen molar-refractivity contribution in [3.8, 4) is 5.75 Å². The second-order valence-electron chi connectivity index (χ2n) is 2.60. The van der Waals surface area contributed by atoms with Gasteiger partial charge in [0.25, 0.3) is 0 Å². The third-order valence-electron chi connectivity index (χ3n) is 1.58. The number of halogens is 2. The van der Waals surface area contributed by atoms with Gasteiger partial charge in [0.2, 0.25) is 0 Å². The van der Waals surface area contributed by atoms with Gasteiger partial charge >= 0.3 is 92.9 Å². The van der Waals surface area contributed by atoms with Gasteiger partial charge in [0.1, 0.15) is 0 Å². The Labute approximate surface area is 92.4 Å². The molecule has 3 heteroatoms. The fraction of sp³-hybridized carbons (Fsp3) is 0.333. The number of rotatable bonds is 2. The Bertz CT molecular complexity index is 263. The standard InChI is InChI=1S/C9H11BrIO/c1-6-4-8(10)5-7(2)9(6)12-11-3/h4-5H,1-3H3/q-1. The van der Waals surface area contributed by atoms with Crippen molar-refractivity contribution >= 4 is 15.9 Å². The quantitative estimate of drug-likeness (QED) is 0.547. The van der Waals surface area contributed by atoms with E-state index in [4.69, 9.17) is 3.07 Å². The zero-order valence-corrected chi connectivity index (χ0v) is 11.1. The van der Waals surface area contributed by atoms with E-state index in [9.17, 15) is 0 Å². The van der Waals surface area contributed by atoms with Gasteiger partial charge < -0.3 is 0 Å². The van der Waals surface area contributed by atoms with Gasteiger partial charge in [-0.05, 0) is 0 Å². The molecule has 0 fully saturated rings. The van der Waals surface area contributed by atoms with Crippen molar-refractivity contribution in [2.24, 2.45) is 0 Å². The number of benzene rings is 1. The Morgan fingerprint density at radius 2 is 1.75 bits per heavy atom. The van der Waals surface area contributed by atoms with Crippen LogP contribution in [0.5, 0.6) is 5.75 Å². The molecule has 0 aliphatic carbocycles. The molecule has 0 amide bonds. The fourth-order valence-corrected chi connectivity index (χ4v) is 2.92. The molecular weight excluding hydrogens is 331 g/mol. The molecule has 1 nitrogen and oxygen atoms in total. The van der Waals surface area contributed by atoms with Gasteiger partial charge in [-0.3, -0.25) is 0 Å². The SMILES string of the molecule is C[I-]Oc1c(C)cc(Br)cc1C. The van der Waals surface area contributed by atoms with Crippen molar-refractivity contribution in [3.05, 3.63) is 27.7 Å². The summed E-state index contributed by atoms with van der Waals surface area (Å²) in [6.07, 6.45) is 0. The summed E-state index contributed by atoms with van der Waals surface area (Å²) in [5, 5.41) is 0. The summed E-state index contributed by atoms with van der Waals surface area (Å²) in [6.45, 7) is 4.15. The molecule has 0 N–H and O–H groups in total. The number of alkyl halides is 1. The van der Waals surface area contributed by atoms with Gasteiger partial charge in [0, 0.05) is 0 Å². The van der Waals surface area contributed by atoms with Crippen LogP contribution in [0.1, 0.15) is 11.1 Å². The van der Waals surface area contributed by atoms with Crippen molar-refractivity contribution < 1.29 is 24.7 Å². The van der Waals surface area contributed by atoms with E-state index in [0.29, 0.717) is 0 Å². The van der Waals surface area contributed by atoms with E-state index in [1.807, 2.05) is 0 Å². The Morgan fingerprint density at radius 3 is 2.17 bits per heavy atom. The maximum atomic E-state index is 5.61. The zero-order chi connectivity index (χ0) is 9.14. The molecule has 0 radical (unpaired) electrons. The summed E-state index contributed by atoms with van der Waals surface area (Å²) in [5.41, 5.74) is 2.42. The molecule has 1 rings (SSSR count). The van der Waals surface area contributed by atoms with Crippen LogP contribution in [-0.2, 0) is 0 Å². The summed E-state index contributed by atoms with van der Waals surface area (Å²) in [4.78, 5) is 2.11. The molecule has 1 aromatic carbocycles. The summed E-state index contributed by atoms with van der Waals surface area (Å²) >= 11 is 3.32. The predicted octanol–water partition coefficient (Wildman–Crippen LogP) is 0.0785. The van der Waals surface area contributed by atoms with Crippen LogP contribution in [0.15, 0.2) is 16.6 Å². The molecular formula is C9H11BrIO-. The van der Waals surface area contributed by atoms with Crippen LogP contribution in [0, 0.1) is 13.8 Å². The number of aryl methyl sites for hydroxylation is 2. The van der Waals surface area contributed by atoms with Crippen LogP contribution in [0.3, 0.4) is 0 Å². The average molecular weight is 342 g/mol. The van der Waals surface area contributed by atoms with Gasteiger partial charge in [-0.15, -0.1) is 0 Å². The van der Waals surface area contributed by atoms with Crippen LogP contribution in [-0.4, -0.2) is 4.93 Å². The van der Waals surface area contributed by atoms with Crippen LogP contribution < -0.4 is 24.7 Å². The van der Waals surface area contributed by atoms with Crippen LogP contribution >= 0.6 is 15.9 Å². The van der Waals surface area contributed by atoms with E-state index in [0.717, 1.165) is 10.2 Å². The maximum absolute atomic E-state index is 5.61. The molecule has 0 atom stereocenters. The summed E-state index contributed by atoms with van der Waals surface area (Å²) < 4.78 is 6.74. The molecule has 0 saturated heterocycles. The summed E-state index contributed by atoms with van der Waals surface area (Å²) in [5.74, 6) is 1.06. The van der Waals surface area contributed by atoms with Crippen LogP contribution in [0.2, 0.25) is 0 Å². The molecule has 0 bridgehead atoms. The third-order valence-corrected chi connectivity index (χ3v) is 2.92. The van der Waals surface area contributed by atoms with Crippen molar-refractivity contribution in [1.82, 2.24) is 0 Å². The van der Waals surface area contributed by atoms with E-state index < -0.39 is 0 Å². The van der Waals surface area contributed by atoms with Crippen LogP contribution in [0.25, 0.3) is 0 Å². The van der Waals surface area contributed by atoms with Gasteiger partial charge in [-0.2, -0.15) is 0 Å². The summed E-state index contributed by atoms with van der Waals surface area (Å²) in [7, 11) is 0. The van der Waals surface area contributed by atoms with Gasteiger partial charge in [-0.1, -0.05) is 0 Å². The van der Waals surface area contributed by atoms with E-state index >= 15 is 0 Å². The molecule has 0 aliphatic heterocycles. The second-order valence-corrected chi connectivity index (χ2v) is 4.84. The van der Waals surface area contributed by atoms with Gasteiger partial charge in [0.05, 0.1) is 0 Å². The first-order valence-electron chi connectivity index (χ1n) is 3.58. The van der Waals surface area contributed by atoms with E-state index in [1.54, 1.807) is 0 Å². The van der Waals surface area contributed by atoms with Gasteiger partial charge in [-0.25, -0.2) is 0 Å². The third kappa shape index (κ3) is 2.36. The van der Waals surface area contributed by atoms with E-state index in [-0.39, 0.29) is 21.6 Å². The fourth-order valence-electron chi connectivity index (χ4n) is 1.10. The normalized spacial score (nSPS) is 10.3. The van der Waals surface area contributed by atoms with Crippen molar-refractivity contribution in [1.29, 1.82) is 0 Å². The molecule has 0 aromatic heterocycles. The molecule has 0 spiro atoms. The zero-order valence-electron chi connectivity index (χ0n) is 7.32. The Morgan fingerprint density at radius 1 is 1.25 bits per heavy atom. The molecule has 1 aromatic rings. The molecule has 0 aliphatic rings. The minimum absolute atomic E-state index is 0.130. The molecule has 0 unspecified atom stereocenters. The first-order valence-corrected chi connectivity index (χ1v) is 7.41. The summed E-state index contributed by atoms with van der Waals surface area (Å²) in [6, 6.07) is 4.17. The predicted molar refractivity (Wildman–Crippen MR) is 50.2 cm³/mol. The number of hydrogen-bond donors (Lipinski definition) is 0. The Kier molecular flexibility index (Phi) is 3.83. The van der Waals surface area contributed by atoms with Crippen LogP contribution in [0.4, 0.5) is 0 Å². The molecule has 0 saturated carbocycles. The molecule has 68 valence electrons. The van der Waals surface area contributed by atoms with Crippen molar-refractivity contribution in [3.63, 3.8) is 0 Å². The van der Waals surface area contributed by atoms with Crippen molar-refractivity contribution in [2.45, 2.75) is 13.8 Å². The Hall–Kier alpha value is 0.230. The second kappa shape index (κ2) is 4.46. The Balaban J connectivity index is 3.10. The molecule has 0 heterocycles. The minimum atomic E-state index is -0.130. The molecule has 12 heavy (non-hydrogen) atoms. The van der Waals surface area contributed by atoms with E-state index in [2.05, 4.69) is 46.8 Å². The van der Waals surface area contributed by atoms with Gasteiger partial charge in [0.15, 0.2) is 0 Å². The number of hydrogen-bond acceptors (Lipinski definition) is 1.